The Labute approximate surface area is 225 Å². The third kappa shape index (κ3) is 4.82. The molecule has 6 rings (SSSR count). The maximum atomic E-state index is 15.2. The molecule has 0 spiro atoms. The Bertz CT molecular complexity index is 1520. The molecule has 0 bridgehead atoms. The largest absolute Gasteiger partial charge is 0.492 e. The van der Waals surface area contributed by atoms with Crippen molar-refractivity contribution in [2.45, 2.75) is 51.7 Å². The summed E-state index contributed by atoms with van der Waals surface area (Å²) < 4.78 is 38.4. The second-order valence-corrected chi connectivity index (χ2v) is 10.1. The molecular weight excluding hydrogens is 501 g/mol. The fraction of sp³-hybridized carbons (Fsp3) is 0.290. The van der Waals surface area contributed by atoms with Crippen molar-refractivity contribution in [1.29, 1.82) is 0 Å². The Kier molecular flexibility index (Phi) is 6.46. The van der Waals surface area contributed by atoms with Crippen LogP contribution in [-0.4, -0.2) is 22.7 Å². The van der Waals surface area contributed by atoms with Crippen LogP contribution in [0.1, 0.15) is 58.6 Å². The highest BCUT2D eigenvalue weighted by atomic mass is 19.1. The Morgan fingerprint density at radius 3 is 2.69 bits per heavy atom. The molecule has 1 aliphatic carbocycles. The zero-order chi connectivity index (χ0) is 27.1. The molecule has 4 aromatic rings. The first-order chi connectivity index (χ1) is 18.9. The van der Waals surface area contributed by atoms with Crippen LogP contribution in [0.3, 0.4) is 0 Å². The molecule has 200 valence electrons. The van der Waals surface area contributed by atoms with E-state index in [1.54, 1.807) is 12.3 Å². The van der Waals surface area contributed by atoms with Crippen molar-refractivity contribution in [3.05, 3.63) is 94.4 Å². The standard InChI is InChI=1S/C31H28FNO6/c1-17-11-21(37-16-28-33-9-10-36-28)12-18(2)30(17)23-5-7-25(32)31-24(23)6-8-26(31)39-20-3-4-22-19(13-29(34)35)15-38-27(22)14-20/h3-5,7,9-12,14,19,26H,6,8,13,15-16H2,1-2H3,(H,34,35). The van der Waals surface area contributed by atoms with Gasteiger partial charge in [0.15, 0.2) is 6.61 Å². The molecule has 0 saturated carbocycles. The fourth-order valence-electron chi connectivity index (χ4n) is 5.80. The Morgan fingerprint density at radius 2 is 1.95 bits per heavy atom. The van der Waals surface area contributed by atoms with Crippen molar-refractivity contribution < 1.29 is 32.9 Å². The third-order valence-electron chi connectivity index (χ3n) is 7.47. The monoisotopic (exact) mass is 529 g/mol. The summed E-state index contributed by atoms with van der Waals surface area (Å²) in [6.07, 6.45) is 4.03. The first-order valence-electron chi connectivity index (χ1n) is 13.0. The predicted octanol–water partition coefficient (Wildman–Crippen LogP) is 6.69. The van der Waals surface area contributed by atoms with Gasteiger partial charge in [0.25, 0.3) is 0 Å². The number of carbonyl (C=O) groups is 1. The van der Waals surface area contributed by atoms with E-state index in [0.29, 0.717) is 42.4 Å². The number of aryl methyl sites for hydroxylation is 2. The average Bonchev–Trinajstić information content (AvgIpc) is 3.65. The minimum absolute atomic E-state index is 0.0182. The molecule has 0 radical (unpaired) electrons. The number of rotatable bonds is 8. The highest BCUT2D eigenvalue weighted by Gasteiger charge is 2.32. The molecule has 3 aromatic carbocycles. The first-order valence-corrected chi connectivity index (χ1v) is 13.0. The summed E-state index contributed by atoms with van der Waals surface area (Å²) in [4.78, 5) is 15.2. The van der Waals surface area contributed by atoms with Crippen molar-refractivity contribution in [3.63, 3.8) is 0 Å². The maximum absolute atomic E-state index is 15.2. The summed E-state index contributed by atoms with van der Waals surface area (Å²) in [7, 11) is 0. The molecule has 8 heteroatoms. The number of hydrogen-bond acceptors (Lipinski definition) is 6. The van der Waals surface area contributed by atoms with Gasteiger partial charge < -0.3 is 23.7 Å². The Morgan fingerprint density at radius 1 is 1.13 bits per heavy atom. The summed E-state index contributed by atoms with van der Waals surface area (Å²) in [5, 5.41) is 9.15. The van der Waals surface area contributed by atoms with Gasteiger partial charge in [0, 0.05) is 23.1 Å². The van der Waals surface area contributed by atoms with E-state index in [-0.39, 0.29) is 24.8 Å². The SMILES string of the molecule is Cc1cc(OCc2ncco2)cc(C)c1-c1ccc(F)c2c1CCC2Oc1ccc2c(c1)OCC2CC(=O)O. The van der Waals surface area contributed by atoms with Gasteiger partial charge in [-0.2, -0.15) is 0 Å². The number of benzene rings is 3. The number of oxazole rings is 1. The Balaban J connectivity index is 1.25. The van der Waals surface area contributed by atoms with E-state index in [0.717, 1.165) is 39.1 Å². The minimum atomic E-state index is -0.857. The molecule has 2 aliphatic rings. The molecule has 0 fully saturated rings. The zero-order valence-electron chi connectivity index (χ0n) is 21.7. The van der Waals surface area contributed by atoms with Crippen LogP contribution in [0.4, 0.5) is 4.39 Å². The van der Waals surface area contributed by atoms with Crippen molar-refractivity contribution >= 4 is 5.97 Å². The number of fused-ring (bicyclic) bond motifs is 2. The van der Waals surface area contributed by atoms with E-state index >= 15 is 4.39 Å². The first kappa shape index (κ1) is 25.0. The number of aliphatic carboxylic acids is 1. The van der Waals surface area contributed by atoms with Crippen molar-refractivity contribution in [2.24, 2.45) is 0 Å². The number of ether oxygens (including phenoxy) is 3. The molecule has 1 aliphatic heterocycles. The lowest BCUT2D eigenvalue weighted by Crippen LogP contribution is -2.07. The normalized spacial score (nSPS) is 17.4. The third-order valence-corrected chi connectivity index (χ3v) is 7.47. The van der Waals surface area contributed by atoms with E-state index in [9.17, 15) is 4.79 Å². The van der Waals surface area contributed by atoms with Crippen molar-refractivity contribution in [3.8, 4) is 28.4 Å². The molecule has 1 aromatic heterocycles. The summed E-state index contributed by atoms with van der Waals surface area (Å²) in [6, 6.07) is 12.8. The van der Waals surface area contributed by atoms with Crippen LogP contribution >= 0.6 is 0 Å². The fourth-order valence-corrected chi connectivity index (χ4v) is 5.80. The minimum Gasteiger partial charge on any atom is -0.492 e. The Hall–Kier alpha value is -4.33. The van der Waals surface area contributed by atoms with Gasteiger partial charge in [-0.1, -0.05) is 12.1 Å². The van der Waals surface area contributed by atoms with Crippen molar-refractivity contribution in [2.75, 3.05) is 6.61 Å². The van der Waals surface area contributed by atoms with Gasteiger partial charge in [-0.3, -0.25) is 4.79 Å². The zero-order valence-corrected chi connectivity index (χ0v) is 21.7. The quantitative estimate of drug-likeness (QED) is 0.272. The van der Waals surface area contributed by atoms with Gasteiger partial charge >= 0.3 is 5.97 Å². The van der Waals surface area contributed by atoms with Crippen LogP contribution in [0.5, 0.6) is 17.2 Å². The van der Waals surface area contributed by atoms with Gasteiger partial charge in [-0.05, 0) is 78.8 Å². The number of carboxylic acids is 1. The van der Waals surface area contributed by atoms with Crippen LogP contribution in [0, 0.1) is 19.7 Å². The second-order valence-electron chi connectivity index (χ2n) is 10.1. The number of carboxylic acid groups (broad SMARTS) is 1. The topological polar surface area (TPSA) is 91.0 Å². The molecule has 2 atom stereocenters. The van der Waals surface area contributed by atoms with E-state index < -0.39 is 12.1 Å². The van der Waals surface area contributed by atoms with Gasteiger partial charge in [0.1, 0.15) is 35.4 Å². The van der Waals surface area contributed by atoms with Crippen LogP contribution in [-0.2, 0) is 17.8 Å². The molecule has 7 nitrogen and oxygen atoms in total. The van der Waals surface area contributed by atoms with Crippen LogP contribution < -0.4 is 14.2 Å². The summed E-state index contributed by atoms with van der Waals surface area (Å²) in [6.45, 7) is 4.63. The van der Waals surface area contributed by atoms with E-state index in [2.05, 4.69) is 4.98 Å². The van der Waals surface area contributed by atoms with E-state index in [1.807, 2.05) is 44.2 Å². The number of hydrogen-bond donors (Lipinski definition) is 1. The lowest BCUT2D eigenvalue weighted by Gasteiger charge is -2.19. The maximum Gasteiger partial charge on any atom is 0.304 e. The lowest BCUT2D eigenvalue weighted by molar-refractivity contribution is -0.137. The van der Waals surface area contributed by atoms with E-state index in [4.69, 9.17) is 23.7 Å². The molecule has 1 N–H and O–H groups in total. The molecule has 39 heavy (non-hydrogen) atoms. The van der Waals surface area contributed by atoms with Crippen LogP contribution in [0.15, 0.2) is 59.3 Å². The van der Waals surface area contributed by atoms with Crippen LogP contribution in [0.25, 0.3) is 11.1 Å². The molecule has 2 heterocycles. The summed E-state index contributed by atoms with van der Waals surface area (Å²) in [5.41, 5.74) is 6.53. The smallest absolute Gasteiger partial charge is 0.304 e. The predicted molar refractivity (Wildman–Crippen MR) is 141 cm³/mol. The molecule has 2 unspecified atom stereocenters. The molecule has 0 amide bonds. The number of halogens is 1. The molecular formula is C31H28FNO6. The summed E-state index contributed by atoms with van der Waals surface area (Å²) in [5.74, 6) is 1.11. The van der Waals surface area contributed by atoms with Gasteiger partial charge in [-0.25, -0.2) is 9.37 Å². The average molecular weight is 530 g/mol. The highest BCUT2D eigenvalue weighted by Crippen LogP contribution is 2.45. The number of aromatic nitrogens is 1. The van der Waals surface area contributed by atoms with Crippen LogP contribution in [0.2, 0.25) is 0 Å². The lowest BCUT2D eigenvalue weighted by atomic mass is 9.90. The molecule has 0 saturated heterocycles. The van der Waals surface area contributed by atoms with Crippen molar-refractivity contribution in [1.82, 2.24) is 4.98 Å². The van der Waals surface area contributed by atoms with Gasteiger partial charge in [0.05, 0.1) is 19.2 Å². The number of nitrogens with zero attached hydrogens (tertiary/aromatic N) is 1. The second kappa shape index (κ2) is 10.1. The highest BCUT2D eigenvalue weighted by molar-refractivity contribution is 5.76. The van der Waals surface area contributed by atoms with Gasteiger partial charge in [0.2, 0.25) is 5.89 Å². The van der Waals surface area contributed by atoms with E-state index in [1.165, 1.54) is 12.3 Å². The van der Waals surface area contributed by atoms with Gasteiger partial charge in [-0.15, -0.1) is 0 Å². The summed E-state index contributed by atoms with van der Waals surface area (Å²) >= 11 is 0.